The Hall–Kier alpha value is -1.47. The van der Waals surface area contributed by atoms with Crippen molar-refractivity contribution in [3.05, 3.63) is 16.8 Å². The maximum atomic E-state index is 5.63. The molecule has 0 radical (unpaired) electrons. The molecule has 0 spiro atoms. The van der Waals surface area contributed by atoms with E-state index in [4.69, 9.17) is 4.74 Å². The van der Waals surface area contributed by atoms with E-state index in [-0.39, 0.29) is 0 Å². The van der Waals surface area contributed by atoms with E-state index >= 15 is 0 Å². The lowest BCUT2D eigenvalue weighted by Crippen LogP contribution is -2.13. The van der Waals surface area contributed by atoms with Gasteiger partial charge in [-0.15, -0.1) is 5.10 Å². The Morgan fingerprint density at radius 1 is 1.44 bits per heavy atom. The topological polar surface area (TPSA) is 64.9 Å². The van der Waals surface area contributed by atoms with Crippen LogP contribution < -0.4 is 10.1 Å². The van der Waals surface area contributed by atoms with Crippen LogP contribution in [0.15, 0.2) is 6.07 Å². The molecule has 0 aliphatic carbocycles. The third-order valence-corrected chi connectivity index (χ3v) is 3.10. The third-order valence-electron chi connectivity index (χ3n) is 2.30. The highest BCUT2D eigenvalue weighted by atomic mass is 32.1. The van der Waals surface area contributed by atoms with Crippen LogP contribution in [0.3, 0.4) is 0 Å². The van der Waals surface area contributed by atoms with Crippen LogP contribution in [-0.2, 0) is 13.6 Å². The van der Waals surface area contributed by atoms with Gasteiger partial charge in [0.25, 0.3) is 0 Å². The molecule has 2 aromatic rings. The van der Waals surface area contributed by atoms with Gasteiger partial charge in [0.15, 0.2) is 0 Å². The fraction of sp³-hybridized carbons (Fsp3) is 0.545. The lowest BCUT2D eigenvalue weighted by atomic mass is 10.5. The van der Waals surface area contributed by atoms with Gasteiger partial charge in [0.05, 0.1) is 5.69 Å². The van der Waals surface area contributed by atoms with E-state index in [0.29, 0.717) is 11.1 Å². The maximum absolute atomic E-state index is 5.63. The highest BCUT2D eigenvalue weighted by Crippen LogP contribution is 2.24. The first-order valence-corrected chi connectivity index (χ1v) is 6.72. The van der Waals surface area contributed by atoms with E-state index in [0.717, 1.165) is 30.2 Å². The van der Waals surface area contributed by atoms with Gasteiger partial charge in [-0.2, -0.15) is 5.10 Å². The molecular weight excluding hydrogens is 250 g/mol. The number of aromatic nitrogens is 4. The Morgan fingerprint density at radius 3 is 2.94 bits per heavy atom. The monoisotopic (exact) mass is 267 g/mol. The zero-order chi connectivity index (χ0) is 13.0. The summed E-state index contributed by atoms with van der Waals surface area (Å²) in [6.45, 7) is 5.77. The van der Waals surface area contributed by atoms with Crippen molar-refractivity contribution >= 4 is 11.3 Å². The Kier molecular flexibility index (Phi) is 4.27. The van der Waals surface area contributed by atoms with Crippen LogP contribution >= 0.6 is 11.3 Å². The van der Waals surface area contributed by atoms with Crippen LogP contribution in [0.2, 0.25) is 0 Å². The molecule has 0 aliphatic rings. The summed E-state index contributed by atoms with van der Waals surface area (Å²) >= 11 is 1.45. The van der Waals surface area contributed by atoms with Crippen LogP contribution in [0, 0.1) is 6.92 Å². The van der Waals surface area contributed by atoms with E-state index in [1.807, 2.05) is 20.0 Å². The van der Waals surface area contributed by atoms with Crippen LogP contribution in [0.1, 0.15) is 24.0 Å². The number of ether oxygens (including phenoxy) is 1. The number of nitrogens with zero attached hydrogens (tertiary/aromatic N) is 4. The first kappa shape index (κ1) is 13.0. The molecule has 18 heavy (non-hydrogen) atoms. The zero-order valence-corrected chi connectivity index (χ0v) is 11.6. The van der Waals surface area contributed by atoms with Crippen molar-refractivity contribution in [1.82, 2.24) is 25.3 Å². The second kappa shape index (κ2) is 5.92. The quantitative estimate of drug-likeness (QED) is 0.809. The molecule has 7 heteroatoms. The van der Waals surface area contributed by atoms with Gasteiger partial charge in [-0.3, -0.25) is 0 Å². The molecular formula is C11H17N5OS. The van der Waals surface area contributed by atoms with Crippen LogP contribution in [0.5, 0.6) is 11.1 Å². The normalized spacial score (nSPS) is 10.8. The smallest absolute Gasteiger partial charge is 0.300 e. The van der Waals surface area contributed by atoms with Gasteiger partial charge in [0.2, 0.25) is 5.88 Å². The Labute approximate surface area is 110 Å². The van der Waals surface area contributed by atoms with Crippen molar-refractivity contribution in [2.75, 3.05) is 6.54 Å². The number of aryl methyl sites for hydroxylation is 2. The molecule has 2 heterocycles. The van der Waals surface area contributed by atoms with Gasteiger partial charge in [-0.25, -0.2) is 4.68 Å². The van der Waals surface area contributed by atoms with Gasteiger partial charge in [0, 0.05) is 19.7 Å². The molecule has 98 valence electrons. The summed E-state index contributed by atoms with van der Waals surface area (Å²) in [5.74, 6) is 0.678. The molecule has 2 rings (SSSR count). The van der Waals surface area contributed by atoms with Crippen molar-refractivity contribution in [2.24, 2.45) is 7.05 Å². The van der Waals surface area contributed by atoms with Crippen molar-refractivity contribution in [3.8, 4) is 11.1 Å². The number of hydrogen-bond donors (Lipinski definition) is 1. The van der Waals surface area contributed by atoms with Crippen molar-refractivity contribution in [3.63, 3.8) is 0 Å². The molecule has 0 aromatic carbocycles. The molecule has 0 unspecified atom stereocenters. The highest BCUT2D eigenvalue weighted by Gasteiger charge is 2.09. The second-order valence-electron chi connectivity index (χ2n) is 3.99. The lowest BCUT2D eigenvalue weighted by Gasteiger charge is -1.99. The minimum atomic E-state index is 0.547. The van der Waals surface area contributed by atoms with Gasteiger partial charge in [0.1, 0.15) is 5.01 Å². The van der Waals surface area contributed by atoms with Gasteiger partial charge in [-0.1, -0.05) is 23.4 Å². The molecule has 0 saturated heterocycles. The Bertz CT molecular complexity index is 507. The van der Waals surface area contributed by atoms with E-state index < -0.39 is 0 Å². The third kappa shape index (κ3) is 3.27. The van der Waals surface area contributed by atoms with E-state index in [1.54, 1.807) is 4.68 Å². The van der Waals surface area contributed by atoms with Crippen molar-refractivity contribution in [2.45, 2.75) is 26.8 Å². The SMILES string of the molecule is CCCNCc1nnc(Oc2cc(C)nn2C)s1. The molecule has 0 atom stereocenters. The summed E-state index contributed by atoms with van der Waals surface area (Å²) in [5.41, 5.74) is 0.918. The molecule has 0 bridgehead atoms. The predicted molar refractivity (Wildman–Crippen MR) is 69.9 cm³/mol. The van der Waals surface area contributed by atoms with Crippen LogP contribution in [0.4, 0.5) is 0 Å². The molecule has 6 nitrogen and oxygen atoms in total. The number of rotatable bonds is 6. The molecule has 2 aromatic heterocycles. The average Bonchev–Trinajstić information content (AvgIpc) is 2.88. The summed E-state index contributed by atoms with van der Waals surface area (Å²) < 4.78 is 7.32. The van der Waals surface area contributed by atoms with E-state index in [9.17, 15) is 0 Å². The number of nitrogens with one attached hydrogen (secondary N) is 1. The fourth-order valence-electron chi connectivity index (χ4n) is 1.49. The molecule has 0 aliphatic heterocycles. The molecule has 0 fully saturated rings. The highest BCUT2D eigenvalue weighted by molar-refractivity contribution is 7.13. The maximum Gasteiger partial charge on any atom is 0.300 e. The fourth-order valence-corrected chi connectivity index (χ4v) is 2.16. The minimum Gasteiger partial charge on any atom is -0.411 e. The summed E-state index contributed by atoms with van der Waals surface area (Å²) in [6, 6.07) is 1.87. The predicted octanol–water partition coefficient (Wildman–Crippen LogP) is 1.87. The van der Waals surface area contributed by atoms with Gasteiger partial charge < -0.3 is 10.1 Å². The lowest BCUT2D eigenvalue weighted by molar-refractivity contribution is 0.424. The van der Waals surface area contributed by atoms with Gasteiger partial charge >= 0.3 is 5.19 Å². The second-order valence-corrected chi connectivity index (χ2v) is 5.01. The van der Waals surface area contributed by atoms with E-state index in [1.165, 1.54) is 11.3 Å². The Balaban J connectivity index is 1.96. The summed E-state index contributed by atoms with van der Waals surface area (Å²) in [6.07, 6.45) is 1.11. The van der Waals surface area contributed by atoms with Gasteiger partial charge in [-0.05, 0) is 19.9 Å². The van der Waals surface area contributed by atoms with Crippen LogP contribution in [-0.4, -0.2) is 26.5 Å². The first-order chi connectivity index (χ1) is 8.69. The average molecular weight is 267 g/mol. The zero-order valence-electron chi connectivity index (χ0n) is 10.8. The van der Waals surface area contributed by atoms with Crippen molar-refractivity contribution < 1.29 is 4.74 Å². The van der Waals surface area contributed by atoms with Crippen LogP contribution in [0.25, 0.3) is 0 Å². The van der Waals surface area contributed by atoms with Crippen molar-refractivity contribution in [1.29, 1.82) is 0 Å². The molecule has 1 N–H and O–H groups in total. The minimum absolute atomic E-state index is 0.547. The summed E-state index contributed by atoms with van der Waals surface area (Å²) in [4.78, 5) is 0. The number of hydrogen-bond acceptors (Lipinski definition) is 6. The summed E-state index contributed by atoms with van der Waals surface area (Å²) in [7, 11) is 1.84. The molecule has 0 amide bonds. The Morgan fingerprint density at radius 2 is 2.28 bits per heavy atom. The first-order valence-electron chi connectivity index (χ1n) is 5.90. The largest absolute Gasteiger partial charge is 0.411 e. The van der Waals surface area contributed by atoms with E-state index in [2.05, 4.69) is 27.5 Å². The standard InChI is InChI=1S/C11H17N5OS/c1-4-5-12-7-9-13-14-11(18-9)17-10-6-8(2)15-16(10)3/h6,12H,4-5,7H2,1-3H3. The summed E-state index contributed by atoms with van der Waals surface area (Å²) in [5, 5.41) is 17.0. The molecule has 0 saturated carbocycles.